The molecule has 0 aromatic carbocycles. The highest BCUT2D eigenvalue weighted by Crippen LogP contribution is 2.65. The van der Waals surface area contributed by atoms with Crippen LogP contribution in [-0.2, 0) is 23.9 Å². The molecule has 8 heteroatoms. The lowest BCUT2D eigenvalue weighted by atomic mass is 9.65. The molecule has 0 radical (unpaired) electrons. The molecule has 0 aromatic heterocycles. The van der Waals surface area contributed by atoms with E-state index in [-0.39, 0.29) is 30.9 Å². The highest BCUT2D eigenvalue weighted by Gasteiger charge is 2.79. The number of hydrogen-bond donors (Lipinski definition) is 1. The fourth-order valence-electron chi connectivity index (χ4n) is 6.47. The summed E-state index contributed by atoms with van der Waals surface area (Å²) in [6, 6.07) is -1.45. The van der Waals surface area contributed by atoms with Crippen LogP contribution < -0.4 is 0 Å². The summed E-state index contributed by atoms with van der Waals surface area (Å²) < 4.78 is 12.1. The Morgan fingerprint density at radius 1 is 1.32 bits per heavy atom. The van der Waals surface area contributed by atoms with Crippen molar-refractivity contribution < 1.29 is 29.0 Å². The van der Waals surface area contributed by atoms with Crippen molar-refractivity contribution in [1.29, 1.82) is 0 Å². The molecule has 1 spiro atoms. The average molecular weight is 479 g/mol. The molecule has 192 valence electrons. The minimum atomic E-state index is -1.10. The average Bonchev–Trinajstić information content (AvgIpc) is 3.41. The second-order valence-electron chi connectivity index (χ2n) is 10.3. The van der Waals surface area contributed by atoms with Crippen molar-refractivity contribution in [3.05, 3.63) is 12.7 Å². The Labute approximate surface area is 203 Å². The van der Waals surface area contributed by atoms with Crippen molar-refractivity contribution in [1.82, 2.24) is 9.80 Å². The summed E-state index contributed by atoms with van der Waals surface area (Å²) in [6.45, 7) is 14.3. The van der Waals surface area contributed by atoms with Gasteiger partial charge in [0.1, 0.15) is 17.6 Å². The monoisotopic (exact) mass is 478 g/mol. The van der Waals surface area contributed by atoms with Crippen molar-refractivity contribution in [2.24, 2.45) is 17.8 Å². The molecule has 1 N–H and O–H groups in total. The summed E-state index contributed by atoms with van der Waals surface area (Å²) in [4.78, 5) is 44.7. The second kappa shape index (κ2) is 10.4. The number of aliphatic hydroxyl groups is 1. The van der Waals surface area contributed by atoms with Crippen LogP contribution in [0.4, 0.5) is 0 Å². The summed E-state index contributed by atoms with van der Waals surface area (Å²) in [6.07, 6.45) is 5.12. The van der Waals surface area contributed by atoms with Gasteiger partial charge >= 0.3 is 5.97 Å². The van der Waals surface area contributed by atoms with Gasteiger partial charge in [0.15, 0.2) is 0 Å². The Bertz CT molecular complexity index is 800. The van der Waals surface area contributed by atoms with E-state index in [1.807, 2.05) is 20.8 Å². The summed E-state index contributed by atoms with van der Waals surface area (Å²) in [5.74, 6) is -2.54. The summed E-state index contributed by atoms with van der Waals surface area (Å²) >= 11 is 0. The molecule has 6 atom stereocenters. The van der Waals surface area contributed by atoms with Gasteiger partial charge in [-0.2, -0.15) is 0 Å². The first-order chi connectivity index (χ1) is 16.2. The van der Waals surface area contributed by atoms with Crippen LogP contribution in [-0.4, -0.2) is 82.3 Å². The minimum Gasteiger partial charge on any atom is -0.466 e. The molecule has 0 aliphatic carbocycles. The molecule has 0 aromatic rings. The Hall–Kier alpha value is -1.93. The SMILES string of the molecule is C=CCN(CCCC)C(=O)C1N([C@@H](CO)C(C)C)C(=O)[C@@H]2[C@@H](C(=O)OCC)[C@@]3(CC)CCC12O3. The van der Waals surface area contributed by atoms with Crippen molar-refractivity contribution in [3.63, 3.8) is 0 Å². The van der Waals surface area contributed by atoms with Crippen molar-refractivity contribution in [3.8, 4) is 0 Å². The van der Waals surface area contributed by atoms with E-state index >= 15 is 0 Å². The van der Waals surface area contributed by atoms with Crippen molar-refractivity contribution in [2.45, 2.75) is 90.0 Å². The Morgan fingerprint density at radius 3 is 2.56 bits per heavy atom. The van der Waals surface area contributed by atoms with E-state index in [2.05, 4.69) is 13.5 Å². The van der Waals surface area contributed by atoms with Gasteiger partial charge in [-0.1, -0.05) is 40.2 Å². The van der Waals surface area contributed by atoms with Gasteiger partial charge in [-0.15, -0.1) is 6.58 Å². The zero-order chi connectivity index (χ0) is 25.3. The smallest absolute Gasteiger partial charge is 0.312 e. The maximum Gasteiger partial charge on any atom is 0.312 e. The predicted molar refractivity (Wildman–Crippen MR) is 128 cm³/mol. The number of carbonyl (C=O) groups is 3. The molecule has 0 saturated carbocycles. The topological polar surface area (TPSA) is 96.4 Å². The molecule has 8 nitrogen and oxygen atoms in total. The van der Waals surface area contributed by atoms with Gasteiger partial charge in [-0.3, -0.25) is 14.4 Å². The first kappa shape index (κ1) is 26.7. The van der Waals surface area contributed by atoms with Gasteiger partial charge in [0.2, 0.25) is 11.8 Å². The van der Waals surface area contributed by atoms with Gasteiger partial charge in [0.25, 0.3) is 0 Å². The molecule has 3 aliphatic heterocycles. The molecule has 2 bridgehead atoms. The lowest BCUT2D eigenvalue weighted by molar-refractivity contribution is -0.164. The number of likely N-dealkylation sites (tertiary alicyclic amines) is 1. The largest absolute Gasteiger partial charge is 0.466 e. The number of unbranched alkanes of at least 4 members (excludes halogenated alkanes) is 1. The van der Waals surface area contributed by atoms with Crippen LogP contribution in [0.25, 0.3) is 0 Å². The molecule has 2 amide bonds. The maximum absolute atomic E-state index is 14.2. The Morgan fingerprint density at radius 2 is 2.03 bits per heavy atom. The van der Waals surface area contributed by atoms with Crippen LogP contribution in [0.2, 0.25) is 0 Å². The number of ether oxygens (including phenoxy) is 2. The molecule has 3 fully saturated rings. The van der Waals surface area contributed by atoms with Crippen LogP contribution >= 0.6 is 0 Å². The molecular formula is C26H42N2O6. The zero-order valence-corrected chi connectivity index (χ0v) is 21.4. The summed E-state index contributed by atoms with van der Waals surface area (Å²) in [5, 5.41) is 10.3. The van der Waals surface area contributed by atoms with Crippen LogP contribution in [0.1, 0.15) is 66.7 Å². The quantitative estimate of drug-likeness (QED) is 0.342. The number of fused-ring (bicyclic) bond motifs is 1. The number of nitrogens with zero attached hydrogens (tertiary/aromatic N) is 2. The van der Waals surface area contributed by atoms with E-state index in [0.717, 1.165) is 12.8 Å². The Balaban J connectivity index is 2.15. The predicted octanol–water partition coefficient (Wildman–Crippen LogP) is 2.54. The third-order valence-corrected chi connectivity index (χ3v) is 8.15. The number of amides is 2. The van der Waals surface area contributed by atoms with E-state index in [9.17, 15) is 19.5 Å². The lowest BCUT2D eigenvalue weighted by Crippen LogP contribution is -2.59. The van der Waals surface area contributed by atoms with Crippen LogP contribution in [0.15, 0.2) is 12.7 Å². The summed E-state index contributed by atoms with van der Waals surface area (Å²) in [5.41, 5.74) is -1.91. The summed E-state index contributed by atoms with van der Waals surface area (Å²) in [7, 11) is 0. The maximum atomic E-state index is 14.2. The van der Waals surface area contributed by atoms with E-state index in [1.54, 1.807) is 22.8 Å². The number of aliphatic hydroxyl groups excluding tert-OH is 1. The number of esters is 1. The number of hydrogen-bond acceptors (Lipinski definition) is 6. The third-order valence-electron chi connectivity index (χ3n) is 8.15. The van der Waals surface area contributed by atoms with Gasteiger partial charge in [-0.25, -0.2) is 0 Å². The fourth-order valence-corrected chi connectivity index (χ4v) is 6.47. The molecule has 3 heterocycles. The van der Waals surface area contributed by atoms with Crippen LogP contribution in [0, 0.1) is 17.8 Å². The highest BCUT2D eigenvalue weighted by molar-refractivity contribution is 5.98. The highest BCUT2D eigenvalue weighted by atomic mass is 16.6. The Kier molecular flexibility index (Phi) is 8.13. The molecule has 3 saturated heterocycles. The molecule has 2 unspecified atom stereocenters. The van der Waals surface area contributed by atoms with E-state index in [1.165, 1.54) is 0 Å². The molecular weight excluding hydrogens is 436 g/mol. The molecule has 34 heavy (non-hydrogen) atoms. The van der Waals surface area contributed by atoms with Crippen molar-refractivity contribution in [2.75, 3.05) is 26.3 Å². The van der Waals surface area contributed by atoms with E-state index in [4.69, 9.17) is 9.47 Å². The van der Waals surface area contributed by atoms with Crippen LogP contribution in [0.3, 0.4) is 0 Å². The zero-order valence-electron chi connectivity index (χ0n) is 21.4. The van der Waals surface area contributed by atoms with Gasteiger partial charge in [-0.05, 0) is 38.5 Å². The lowest BCUT2D eigenvalue weighted by Gasteiger charge is -2.40. The van der Waals surface area contributed by atoms with Gasteiger partial charge < -0.3 is 24.4 Å². The molecule has 3 rings (SSSR count). The van der Waals surface area contributed by atoms with Crippen molar-refractivity contribution >= 4 is 17.8 Å². The van der Waals surface area contributed by atoms with Crippen LogP contribution in [0.5, 0.6) is 0 Å². The van der Waals surface area contributed by atoms with Gasteiger partial charge in [0.05, 0.1) is 30.8 Å². The standard InChI is InChI=1S/C26H42N2O6/c1-7-11-15-27(14-8-2)23(31)21-26-13-12-25(9-3,34-26)20(24(32)33-10-4)19(26)22(30)28(21)18(16-29)17(5)6/h8,17-21,29H,2,7,9-16H2,1,3-6H3/t18-,19-,20-,21?,25+,26?/m0/s1. The van der Waals surface area contributed by atoms with Gasteiger partial charge in [0, 0.05) is 13.1 Å². The minimum absolute atomic E-state index is 0.0821. The second-order valence-corrected chi connectivity index (χ2v) is 10.3. The molecule has 3 aliphatic rings. The van der Waals surface area contributed by atoms with E-state index in [0.29, 0.717) is 32.4 Å². The third kappa shape index (κ3) is 3.96. The van der Waals surface area contributed by atoms with E-state index < -0.39 is 41.1 Å². The normalized spacial score (nSPS) is 32.7. The number of rotatable bonds is 12. The number of carbonyl (C=O) groups excluding carboxylic acids is 3. The first-order valence-corrected chi connectivity index (χ1v) is 12.9. The fraction of sp³-hybridized carbons (Fsp3) is 0.808. The first-order valence-electron chi connectivity index (χ1n) is 12.9.